The maximum Gasteiger partial charge on any atom is 0.417 e. The molecule has 0 bridgehead atoms. The van der Waals surface area contributed by atoms with Crippen LogP contribution in [0.1, 0.15) is 18.4 Å². The van der Waals surface area contributed by atoms with Crippen LogP contribution < -0.4 is 5.32 Å². The molecule has 0 saturated carbocycles. The van der Waals surface area contributed by atoms with E-state index in [0.717, 1.165) is 25.1 Å². The summed E-state index contributed by atoms with van der Waals surface area (Å²) in [6, 6.07) is 2.34. The van der Waals surface area contributed by atoms with Crippen LogP contribution in [0.3, 0.4) is 0 Å². The van der Waals surface area contributed by atoms with E-state index in [4.69, 9.17) is 9.47 Å². The van der Waals surface area contributed by atoms with Gasteiger partial charge in [-0.25, -0.2) is 4.98 Å². The highest BCUT2D eigenvalue weighted by atomic mass is 19.4. The average molecular weight is 290 g/mol. The smallest absolute Gasteiger partial charge is 0.381 e. The molecule has 7 heteroatoms. The topological polar surface area (TPSA) is 43.4 Å². The lowest BCUT2D eigenvalue weighted by Gasteiger charge is -2.36. The predicted octanol–water partition coefficient (Wildman–Crippen LogP) is 2.71. The fraction of sp³-hybridized carbons (Fsp3) is 0.615. The zero-order chi connectivity index (χ0) is 14.6. The maximum atomic E-state index is 12.4. The van der Waals surface area contributed by atoms with E-state index in [1.165, 1.54) is 6.07 Å². The summed E-state index contributed by atoms with van der Waals surface area (Å²) in [7, 11) is 1.63. The molecule has 0 spiro atoms. The quantitative estimate of drug-likeness (QED) is 0.926. The summed E-state index contributed by atoms with van der Waals surface area (Å²) in [5.41, 5.74) is -1.10. The standard InChI is InChI=1S/C13H17F3N2O2/c1-19-12(4-6-20-7-5-12)9-18-11-3-2-10(8-17-11)13(14,15)16/h2-3,8H,4-7,9H2,1H3,(H,17,18). The number of halogens is 3. The summed E-state index contributed by atoms with van der Waals surface area (Å²) >= 11 is 0. The molecular formula is C13H17F3N2O2. The van der Waals surface area contributed by atoms with Crippen LogP contribution in [0.2, 0.25) is 0 Å². The third kappa shape index (κ3) is 3.61. The Hall–Kier alpha value is -1.34. The number of rotatable bonds is 4. The number of hydrogen-bond acceptors (Lipinski definition) is 4. The van der Waals surface area contributed by atoms with E-state index < -0.39 is 11.7 Å². The summed E-state index contributed by atoms with van der Waals surface area (Å²) in [5, 5.41) is 3.03. The van der Waals surface area contributed by atoms with Crippen molar-refractivity contribution in [2.75, 3.05) is 32.2 Å². The van der Waals surface area contributed by atoms with E-state index >= 15 is 0 Å². The van der Waals surface area contributed by atoms with Gasteiger partial charge >= 0.3 is 6.18 Å². The highest BCUT2D eigenvalue weighted by molar-refractivity contribution is 5.36. The SMILES string of the molecule is COC1(CNc2ccc(C(F)(F)F)cn2)CCOCC1. The van der Waals surface area contributed by atoms with Gasteiger partial charge in [-0.3, -0.25) is 0 Å². The minimum absolute atomic E-state index is 0.345. The largest absolute Gasteiger partial charge is 0.417 e. The molecular weight excluding hydrogens is 273 g/mol. The van der Waals surface area contributed by atoms with Gasteiger partial charge in [0, 0.05) is 45.9 Å². The van der Waals surface area contributed by atoms with Crippen molar-refractivity contribution in [1.82, 2.24) is 4.98 Å². The maximum absolute atomic E-state index is 12.4. The van der Waals surface area contributed by atoms with Gasteiger partial charge in [0.1, 0.15) is 5.82 Å². The van der Waals surface area contributed by atoms with Crippen LogP contribution in [-0.4, -0.2) is 37.5 Å². The van der Waals surface area contributed by atoms with Crippen LogP contribution in [0.25, 0.3) is 0 Å². The van der Waals surface area contributed by atoms with Gasteiger partial charge in [0.05, 0.1) is 11.2 Å². The molecule has 1 aliphatic rings. The van der Waals surface area contributed by atoms with Crippen molar-refractivity contribution >= 4 is 5.82 Å². The summed E-state index contributed by atoms with van der Waals surface area (Å²) in [6.07, 6.45) is -2.04. The zero-order valence-corrected chi connectivity index (χ0v) is 11.2. The monoisotopic (exact) mass is 290 g/mol. The molecule has 1 aromatic heterocycles. The van der Waals surface area contributed by atoms with Gasteiger partial charge in [-0.1, -0.05) is 0 Å². The molecule has 2 heterocycles. The minimum atomic E-state index is -4.36. The van der Waals surface area contributed by atoms with Crippen molar-refractivity contribution in [2.24, 2.45) is 0 Å². The van der Waals surface area contributed by atoms with Crippen LogP contribution in [0.15, 0.2) is 18.3 Å². The third-order valence-electron chi connectivity index (χ3n) is 3.52. The first-order valence-electron chi connectivity index (χ1n) is 6.35. The number of aromatic nitrogens is 1. The Bertz CT molecular complexity index is 428. The number of anilines is 1. The van der Waals surface area contributed by atoms with Crippen LogP contribution >= 0.6 is 0 Å². The Balaban J connectivity index is 1.96. The van der Waals surface area contributed by atoms with E-state index in [-0.39, 0.29) is 5.60 Å². The minimum Gasteiger partial charge on any atom is -0.381 e. The number of hydrogen-bond donors (Lipinski definition) is 1. The molecule has 4 nitrogen and oxygen atoms in total. The van der Waals surface area contributed by atoms with Gasteiger partial charge in [0.25, 0.3) is 0 Å². The predicted molar refractivity (Wildman–Crippen MR) is 67.5 cm³/mol. The second kappa shape index (κ2) is 5.97. The summed E-state index contributed by atoms with van der Waals surface area (Å²) < 4.78 is 48.1. The van der Waals surface area contributed by atoms with Gasteiger partial charge < -0.3 is 14.8 Å². The molecule has 1 N–H and O–H groups in total. The molecule has 0 amide bonds. The molecule has 1 aromatic rings. The number of alkyl halides is 3. The molecule has 20 heavy (non-hydrogen) atoms. The molecule has 0 radical (unpaired) electrons. The third-order valence-corrected chi connectivity index (χ3v) is 3.52. The Morgan fingerprint density at radius 1 is 1.35 bits per heavy atom. The molecule has 1 saturated heterocycles. The van der Waals surface area contributed by atoms with E-state index in [1.807, 2.05) is 0 Å². The first-order valence-corrected chi connectivity index (χ1v) is 6.35. The normalized spacial score (nSPS) is 18.8. The van der Waals surface area contributed by atoms with Crippen molar-refractivity contribution in [2.45, 2.75) is 24.6 Å². The summed E-state index contributed by atoms with van der Waals surface area (Å²) in [6.45, 7) is 1.73. The number of nitrogens with one attached hydrogen (secondary N) is 1. The van der Waals surface area contributed by atoms with Crippen molar-refractivity contribution < 1.29 is 22.6 Å². The Kier molecular flexibility index (Phi) is 4.49. The van der Waals surface area contributed by atoms with E-state index in [0.29, 0.717) is 25.6 Å². The van der Waals surface area contributed by atoms with Gasteiger partial charge in [-0.15, -0.1) is 0 Å². The lowest BCUT2D eigenvalue weighted by atomic mass is 9.94. The van der Waals surface area contributed by atoms with Crippen LogP contribution in [0, 0.1) is 0 Å². The van der Waals surface area contributed by atoms with Crippen molar-refractivity contribution in [3.05, 3.63) is 23.9 Å². The highest BCUT2D eigenvalue weighted by Gasteiger charge is 2.33. The number of nitrogens with zero attached hydrogens (tertiary/aromatic N) is 1. The first kappa shape index (κ1) is 15.1. The number of ether oxygens (including phenoxy) is 2. The Morgan fingerprint density at radius 2 is 2.05 bits per heavy atom. The molecule has 1 fully saturated rings. The van der Waals surface area contributed by atoms with E-state index in [9.17, 15) is 13.2 Å². The molecule has 0 aliphatic carbocycles. The molecule has 112 valence electrons. The fourth-order valence-corrected chi connectivity index (χ4v) is 2.11. The van der Waals surface area contributed by atoms with Crippen molar-refractivity contribution in [1.29, 1.82) is 0 Å². The molecule has 2 rings (SSSR count). The Labute approximate surface area is 115 Å². The lowest BCUT2D eigenvalue weighted by molar-refractivity contribution is -0.137. The van der Waals surface area contributed by atoms with E-state index in [2.05, 4.69) is 10.3 Å². The van der Waals surface area contributed by atoms with Crippen molar-refractivity contribution in [3.8, 4) is 0 Å². The summed E-state index contributed by atoms with van der Waals surface area (Å²) in [4.78, 5) is 3.78. The highest BCUT2D eigenvalue weighted by Crippen LogP contribution is 2.29. The lowest BCUT2D eigenvalue weighted by Crippen LogP contribution is -2.44. The number of methoxy groups -OCH3 is 1. The molecule has 0 unspecified atom stereocenters. The zero-order valence-electron chi connectivity index (χ0n) is 11.2. The molecule has 1 aliphatic heterocycles. The summed E-state index contributed by atoms with van der Waals surface area (Å²) in [5.74, 6) is 0.404. The van der Waals surface area contributed by atoms with Crippen LogP contribution in [0.4, 0.5) is 19.0 Å². The van der Waals surface area contributed by atoms with Crippen LogP contribution in [0.5, 0.6) is 0 Å². The van der Waals surface area contributed by atoms with Crippen molar-refractivity contribution in [3.63, 3.8) is 0 Å². The van der Waals surface area contributed by atoms with Gasteiger partial charge in [0.2, 0.25) is 0 Å². The first-order chi connectivity index (χ1) is 9.45. The average Bonchev–Trinajstić information content (AvgIpc) is 2.46. The second-order valence-corrected chi connectivity index (χ2v) is 4.78. The van der Waals surface area contributed by atoms with Crippen LogP contribution in [-0.2, 0) is 15.7 Å². The van der Waals surface area contributed by atoms with Gasteiger partial charge in [0.15, 0.2) is 0 Å². The Morgan fingerprint density at radius 3 is 2.55 bits per heavy atom. The molecule has 0 aromatic carbocycles. The van der Waals surface area contributed by atoms with E-state index in [1.54, 1.807) is 7.11 Å². The van der Waals surface area contributed by atoms with Gasteiger partial charge in [-0.05, 0) is 12.1 Å². The number of pyridine rings is 1. The molecule has 0 atom stereocenters. The van der Waals surface area contributed by atoms with Gasteiger partial charge in [-0.2, -0.15) is 13.2 Å². The fourth-order valence-electron chi connectivity index (χ4n) is 2.11. The second-order valence-electron chi connectivity index (χ2n) is 4.78.